The van der Waals surface area contributed by atoms with Gasteiger partial charge in [-0.1, -0.05) is 54.2 Å². The van der Waals surface area contributed by atoms with Crippen LogP contribution in [-0.2, 0) is 31.6 Å². The van der Waals surface area contributed by atoms with Crippen molar-refractivity contribution in [2.75, 3.05) is 18.1 Å². The average Bonchev–Trinajstić information content (AvgIpc) is 3.07. The van der Waals surface area contributed by atoms with E-state index in [1.165, 1.54) is 6.20 Å². The minimum atomic E-state index is -6.07. The van der Waals surface area contributed by atoms with Gasteiger partial charge in [0.05, 0.1) is 18.3 Å². The van der Waals surface area contributed by atoms with Crippen molar-refractivity contribution in [3.8, 4) is 11.8 Å². The first-order valence-corrected chi connectivity index (χ1v) is 17.3. The zero-order valence-corrected chi connectivity index (χ0v) is 24.5. The number of hydrogen-bond acceptors (Lipinski definition) is 16. The fourth-order valence-electron chi connectivity index (χ4n) is 2.74. The summed E-state index contributed by atoms with van der Waals surface area (Å²) in [6, 6.07) is 0. The molecule has 38 heavy (non-hydrogen) atoms. The molecule has 0 saturated carbocycles. The van der Waals surface area contributed by atoms with Crippen molar-refractivity contribution in [3.63, 3.8) is 0 Å². The molecule has 0 spiro atoms. The number of ether oxygens (including phenoxy) is 1. The van der Waals surface area contributed by atoms with E-state index in [-0.39, 0.29) is 22.5 Å². The standard InChI is InChI=1S/C17H28N3O13P3S2/c1-17(2,3)38-37-7-5-4-6-11-9-20(16(22)19-15(11)18)14-8-12(21)13(31-14)10-30-35(26,27)33-36(28,29)32-34(23,24)25/h9,12-14,21H,5,7-8,10H2,1-3H3,(H,26,27)(H,28,29)(H2,18,19,22)(H2,23,24,25)/p-3/t12-,13+,14+/m0/s1. The van der Waals surface area contributed by atoms with E-state index in [1.807, 2.05) is 0 Å². The number of anilines is 1. The quantitative estimate of drug-likeness (QED) is 0.123. The van der Waals surface area contributed by atoms with Crippen molar-refractivity contribution >= 4 is 50.9 Å². The van der Waals surface area contributed by atoms with E-state index in [0.717, 1.165) is 10.3 Å². The number of nitrogens with two attached hydrogens (primary N) is 1. The molecule has 21 heteroatoms. The van der Waals surface area contributed by atoms with Gasteiger partial charge in [0.25, 0.3) is 23.5 Å². The third-order valence-corrected chi connectivity index (χ3v) is 11.2. The molecule has 0 aliphatic carbocycles. The van der Waals surface area contributed by atoms with E-state index in [0.29, 0.717) is 6.42 Å². The number of nitrogens with zero attached hydrogens (tertiary/aromatic N) is 2. The van der Waals surface area contributed by atoms with Crippen molar-refractivity contribution in [1.29, 1.82) is 0 Å². The first-order valence-electron chi connectivity index (χ1n) is 10.5. The van der Waals surface area contributed by atoms with Gasteiger partial charge in [0.2, 0.25) is 0 Å². The molecule has 16 nitrogen and oxygen atoms in total. The summed E-state index contributed by atoms with van der Waals surface area (Å²) in [5.41, 5.74) is 5.17. The number of phosphoric ester groups is 1. The predicted molar refractivity (Wildman–Crippen MR) is 132 cm³/mol. The second-order valence-corrected chi connectivity index (χ2v) is 16.1. The number of aromatic nitrogens is 2. The molecule has 0 amide bonds. The molecule has 1 aromatic heterocycles. The highest BCUT2D eigenvalue weighted by atomic mass is 33.1. The predicted octanol–water partition coefficient (Wildman–Crippen LogP) is -0.157. The molecule has 216 valence electrons. The van der Waals surface area contributed by atoms with Crippen molar-refractivity contribution in [2.45, 2.75) is 56.8 Å². The second-order valence-electron chi connectivity index (χ2n) is 8.55. The van der Waals surface area contributed by atoms with Crippen LogP contribution in [0.25, 0.3) is 0 Å². The minimum absolute atomic E-state index is 0.101. The van der Waals surface area contributed by atoms with E-state index >= 15 is 0 Å². The maximum absolute atomic E-state index is 12.4. The summed E-state index contributed by atoms with van der Waals surface area (Å²) in [6.07, 6.45) is -2.32. The van der Waals surface area contributed by atoms with Gasteiger partial charge in [-0.15, -0.1) is 0 Å². The van der Waals surface area contributed by atoms with Gasteiger partial charge in [-0.05, 0) is 0 Å². The van der Waals surface area contributed by atoms with Gasteiger partial charge in [-0.3, -0.25) is 18.3 Å². The molecule has 2 rings (SSSR count). The Morgan fingerprint density at radius 1 is 1.26 bits per heavy atom. The average molecular weight is 636 g/mol. The fourth-order valence-corrected chi connectivity index (χ4v) is 7.82. The topological polar surface area (TPSA) is 259 Å². The summed E-state index contributed by atoms with van der Waals surface area (Å²) in [5.74, 6) is 6.39. The zero-order valence-electron chi connectivity index (χ0n) is 20.2. The molecule has 6 atom stereocenters. The molecule has 1 saturated heterocycles. The molecular weight excluding hydrogens is 611 g/mol. The molecule has 4 N–H and O–H groups in total. The molecule has 1 aliphatic heterocycles. The Morgan fingerprint density at radius 2 is 1.92 bits per heavy atom. The second kappa shape index (κ2) is 13.3. The van der Waals surface area contributed by atoms with Gasteiger partial charge in [-0.2, -0.15) is 4.98 Å². The van der Waals surface area contributed by atoms with Crippen molar-refractivity contribution in [3.05, 3.63) is 22.2 Å². The van der Waals surface area contributed by atoms with E-state index < -0.39 is 54.2 Å². The van der Waals surface area contributed by atoms with Crippen LogP contribution in [0.1, 0.15) is 45.4 Å². The van der Waals surface area contributed by atoms with Crippen LogP contribution in [0.2, 0.25) is 0 Å². The van der Waals surface area contributed by atoms with Gasteiger partial charge in [0.15, 0.2) is 0 Å². The minimum Gasteiger partial charge on any atom is -0.756 e. The summed E-state index contributed by atoms with van der Waals surface area (Å²) in [5, 5.41) is 10.2. The van der Waals surface area contributed by atoms with Gasteiger partial charge >= 0.3 is 5.69 Å². The number of phosphoric acid groups is 3. The Bertz CT molecular complexity index is 1260. The Morgan fingerprint density at radius 3 is 2.53 bits per heavy atom. The lowest BCUT2D eigenvalue weighted by molar-refractivity contribution is -0.250. The van der Waals surface area contributed by atoms with Gasteiger partial charge < -0.3 is 39.7 Å². The normalized spacial score (nSPS) is 24.6. The van der Waals surface area contributed by atoms with E-state index in [2.05, 4.69) is 50.7 Å². The molecular formula is C17H25N3O13P3S2-3. The molecule has 0 radical (unpaired) electrons. The summed E-state index contributed by atoms with van der Waals surface area (Å²) >= 11 is 0. The molecule has 1 aromatic rings. The maximum Gasteiger partial charge on any atom is 0.351 e. The number of rotatable bonds is 11. The van der Waals surface area contributed by atoms with E-state index in [4.69, 9.17) is 15.4 Å². The molecule has 2 heterocycles. The summed E-state index contributed by atoms with van der Waals surface area (Å²) < 4.78 is 51.0. The smallest absolute Gasteiger partial charge is 0.351 e. The number of hydrogen-bond donors (Lipinski definition) is 3. The van der Waals surface area contributed by atoms with Crippen LogP contribution in [0.4, 0.5) is 5.82 Å². The SMILES string of the molecule is CC(C)(C)SSCCC#Cc1cn([C@H]2C[C@H](O)[C@@H](COP(=O)([O-])OP(=O)([O-])OP(=O)([O-])O)O2)c(=O)nc1N. The third-order valence-electron chi connectivity index (χ3n) is 4.14. The van der Waals surface area contributed by atoms with E-state index in [9.17, 15) is 38.3 Å². The first-order chi connectivity index (χ1) is 17.3. The van der Waals surface area contributed by atoms with Crippen LogP contribution in [-0.4, -0.2) is 48.9 Å². The van der Waals surface area contributed by atoms with Crippen LogP contribution in [0, 0.1) is 11.8 Å². The van der Waals surface area contributed by atoms with Gasteiger partial charge in [0.1, 0.15) is 18.1 Å². The van der Waals surface area contributed by atoms with Gasteiger partial charge in [0, 0.05) is 29.5 Å². The molecule has 0 aromatic carbocycles. The lowest BCUT2D eigenvalue weighted by Gasteiger charge is -2.33. The van der Waals surface area contributed by atoms with Crippen molar-refractivity contribution in [2.24, 2.45) is 0 Å². The molecule has 3 unspecified atom stereocenters. The van der Waals surface area contributed by atoms with Gasteiger partial charge in [-0.25, -0.2) is 13.4 Å². The van der Waals surface area contributed by atoms with Crippen LogP contribution >= 0.6 is 45.1 Å². The summed E-state index contributed by atoms with van der Waals surface area (Å²) in [7, 11) is -14.3. The third kappa shape index (κ3) is 11.8. The highest BCUT2D eigenvalue weighted by Crippen LogP contribution is 2.61. The van der Waals surface area contributed by atoms with E-state index in [1.54, 1.807) is 21.6 Å². The molecule has 1 aliphatic rings. The van der Waals surface area contributed by atoms with Crippen LogP contribution in [0.15, 0.2) is 11.0 Å². The van der Waals surface area contributed by atoms with Crippen LogP contribution < -0.4 is 26.1 Å². The Balaban J connectivity index is 2.03. The lowest BCUT2D eigenvalue weighted by Crippen LogP contribution is -2.29. The number of aliphatic hydroxyl groups excluding tert-OH is 1. The monoisotopic (exact) mass is 636 g/mol. The first kappa shape index (κ1) is 33.5. The summed E-state index contributed by atoms with van der Waals surface area (Å²) in [6.45, 7) is 5.28. The largest absolute Gasteiger partial charge is 0.756 e. The van der Waals surface area contributed by atoms with Crippen molar-refractivity contribution in [1.82, 2.24) is 9.55 Å². The number of aliphatic hydroxyl groups is 1. The summed E-state index contributed by atoms with van der Waals surface area (Å²) in [4.78, 5) is 57.9. The highest BCUT2D eigenvalue weighted by molar-refractivity contribution is 8.77. The van der Waals surface area contributed by atoms with Crippen LogP contribution in [0.3, 0.4) is 0 Å². The number of nitrogen functional groups attached to an aromatic ring is 1. The Labute approximate surface area is 225 Å². The van der Waals surface area contributed by atoms with Crippen LogP contribution in [0.5, 0.6) is 0 Å². The zero-order chi connectivity index (χ0) is 28.9. The lowest BCUT2D eigenvalue weighted by atomic mass is 10.2. The molecule has 0 bridgehead atoms. The fraction of sp³-hybridized carbons (Fsp3) is 0.647. The maximum atomic E-state index is 12.4. The molecule has 1 fully saturated rings. The Kier molecular flexibility index (Phi) is 11.7. The highest BCUT2D eigenvalue weighted by Gasteiger charge is 2.37. The van der Waals surface area contributed by atoms with Crippen molar-refractivity contribution < 1.29 is 56.3 Å². The Hall–Kier alpha value is -0.730.